The van der Waals surface area contributed by atoms with Gasteiger partial charge >= 0.3 is 12.1 Å². The number of phenols is 1. The molecule has 0 spiro atoms. The SMILES string of the molecule is COC(=O)[C@@H]1CCN(Cc2cc(N)c(O)c(C(F)(F)F)c2)C1. The number of nitrogens with two attached hydrogens (primary N) is 1. The van der Waals surface area contributed by atoms with E-state index in [2.05, 4.69) is 4.74 Å². The maximum Gasteiger partial charge on any atom is 0.420 e. The van der Waals surface area contributed by atoms with Crippen molar-refractivity contribution in [3.8, 4) is 5.75 Å². The van der Waals surface area contributed by atoms with Gasteiger partial charge in [0.25, 0.3) is 0 Å². The molecule has 0 unspecified atom stereocenters. The van der Waals surface area contributed by atoms with Crippen molar-refractivity contribution in [1.82, 2.24) is 4.90 Å². The van der Waals surface area contributed by atoms with Crippen LogP contribution in [0.5, 0.6) is 5.75 Å². The van der Waals surface area contributed by atoms with Crippen LogP contribution in [0.15, 0.2) is 12.1 Å². The highest BCUT2D eigenvalue weighted by Gasteiger charge is 2.35. The summed E-state index contributed by atoms with van der Waals surface area (Å²) in [5, 5.41) is 9.45. The topological polar surface area (TPSA) is 75.8 Å². The first kappa shape index (κ1) is 16.4. The lowest BCUT2D eigenvalue weighted by Crippen LogP contribution is -2.24. The van der Waals surface area contributed by atoms with E-state index in [1.54, 1.807) is 0 Å². The van der Waals surface area contributed by atoms with Crippen molar-refractivity contribution in [3.63, 3.8) is 0 Å². The summed E-state index contributed by atoms with van der Waals surface area (Å²) in [5.74, 6) is -1.53. The molecule has 0 bridgehead atoms. The summed E-state index contributed by atoms with van der Waals surface area (Å²) in [6, 6.07) is 2.20. The van der Waals surface area contributed by atoms with Gasteiger partial charge in [-0.15, -0.1) is 0 Å². The zero-order valence-electron chi connectivity index (χ0n) is 12.0. The van der Waals surface area contributed by atoms with E-state index < -0.39 is 17.5 Å². The molecular weight excluding hydrogens is 301 g/mol. The van der Waals surface area contributed by atoms with Crippen LogP contribution in [0.3, 0.4) is 0 Å². The van der Waals surface area contributed by atoms with Gasteiger partial charge < -0.3 is 15.6 Å². The fourth-order valence-electron chi connectivity index (χ4n) is 2.62. The molecule has 22 heavy (non-hydrogen) atoms. The molecule has 5 nitrogen and oxygen atoms in total. The Labute approximate surface area is 125 Å². The highest BCUT2D eigenvalue weighted by atomic mass is 19.4. The molecule has 0 aromatic heterocycles. The number of hydrogen-bond donors (Lipinski definition) is 2. The molecule has 1 saturated heterocycles. The Morgan fingerprint density at radius 2 is 2.18 bits per heavy atom. The van der Waals surface area contributed by atoms with E-state index in [-0.39, 0.29) is 24.1 Å². The molecule has 8 heteroatoms. The Bertz CT molecular complexity index is 575. The maximum atomic E-state index is 12.8. The van der Waals surface area contributed by atoms with Crippen LogP contribution in [-0.2, 0) is 22.3 Å². The number of anilines is 1. The third-order valence-corrected chi connectivity index (χ3v) is 3.72. The van der Waals surface area contributed by atoms with Crippen LogP contribution in [0.4, 0.5) is 18.9 Å². The third kappa shape index (κ3) is 3.44. The summed E-state index contributed by atoms with van der Waals surface area (Å²) in [5.41, 5.74) is 4.33. The zero-order chi connectivity index (χ0) is 16.5. The van der Waals surface area contributed by atoms with Crippen molar-refractivity contribution >= 4 is 11.7 Å². The molecule has 0 radical (unpaired) electrons. The minimum Gasteiger partial charge on any atom is -0.505 e. The fraction of sp³-hybridized carbons (Fsp3) is 0.500. The van der Waals surface area contributed by atoms with E-state index >= 15 is 0 Å². The number of hydrogen-bond acceptors (Lipinski definition) is 5. The Hall–Kier alpha value is -1.96. The van der Waals surface area contributed by atoms with Gasteiger partial charge in [-0.3, -0.25) is 9.69 Å². The number of carbonyl (C=O) groups is 1. The van der Waals surface area contributed by atoms with Gasteiger partial charge in [-0.1, -0.05) is 0 Å². The van der Waals surface area contributed by atoms with Gasteiger partial charge in [-0.2, -0.15) is 13.2 Å². The Kier molecular flexibility index (Phi) is 4.50. The maximum absolute atomic E-state index is 12.8. The van der Waals surface area contributed by atoms with Crippen molar-refractivity contribution in [2.24, 2.45) is 5.92 Å². The number of alkyl halides is 3. The minimum atomic E-state index is -4.67. The van der Waals surface area contributed by atoms with Crippen LogP contribution >= 0.6 is 0 Å². The molecule has 3 N–H and O–H groups in total. The summed E-state index contributed by atoms with van der Waals surface area (Å²) < 4.78 is 43.2. The van der Waals surface area contributed by atoms with Crippen molar-refractivity contribution in [1.29, 1.82) is 0 Å². The van der Waals surface area contributed by atoms with Crippen molar-refractivity contribution in [3.05, 3.63) is 23.3 Å². The third-order valence-electron chi connectivity index (χ3n) is 3.72. The van der Waals surface area contributed by atoms with Crippen LogP contribution in [-0.4, -0.2) is 36.2 Å². The Morgan fingerprint density at radius 3 is 2.77 bits per heavy atom. The molecule has 1 fully saturated rings. The second-order valence-electron chi connectivity index (χ2n) is 5.32. The fourth-order valence-corrected chi connectivity index (χ4v) is 2.62. The number of esters is 1. The largest absolute Gasteiger partial charge is 0.505 e. The molecular formula is C14H17F3N2O3. The normalized spacial score (nSPS) is 19.4. The van der Waals surface area contributed by atoms with Crippen LogP contribution in [0, 0.1) is 5.92 Å². The van der Waals surface area contributed by atoms with E-state index in [4.69, 9.17) is 5.73 Å². The molecule has 0 aliphatic carbocycles. The predicted molar refractivity (Wildman–Crippen MR) is 72.9 cm³/mol. The first-order valence-electron chi connectivity index (χ1n) is 6.71. The van der Waals surface area contributed by atoms with Gasteiger partial charge in [0.2, 0.25) is 0 Å². The number of nitrogens with zero attached hydrogens (tertiary/aromatic N) is 1. The number of nitrogen functional groups attached to an aromatic ring is 1. The summed E-state index contributed by atoms with van der Waals surface area (Å²) in [6.45, 7) is 1.23. The molecule has 2 rings (SSSR count). The average molecular weight is 318 g/mol. The molecule has 1 aromatic carbocycles. The highest BCUT2D eigenvalue weighted by Crippen LogP contribution is 2.39. The lowest BCUT2D eigenvalue weighted by Gasteiger charge is -2.18. The number of likely N-dealkylation sites (tertiary alicyclic amines) is 1. The number of carbonyl (C=O) groups excluding carboxylic acids is 1. The quantitative estimate of drug-likeness (QED) is 0.506. The summed E-state index contributed by atoms with van der Waals surface area (Å²) in [4.78, 5) is 13.3. The lowest BCUT2D eigenvalue weighted by atomic mass is 10.1. The second kappa shape index (κ2) is 6.04. The molecule has 1 atom stereocenters. The second-order valence-corrected chi connectivity index (χ2v) is 5.32. The van der Waals surface area contributed by atoms with Gasteiger partial charge in [0.15, 0.2) is 5.75 Å². The number of halogens is 3. The Balaban J connectivity index is 2.14. The summed E-state index contributed by atoms with van der Waals surface area (Å²) >= 11 is 0. The highest BCUT2D eigenvalue weighted by molar-refractivity contribution is 5.72. The molecule has 1 aromatic rings. The van der Waals surface area contributed by atoms with Crippen molar-refractivity contribution in [2.45, 2.75) is 19.1 Å². The van der Waals surface area contributed by atoms with E-state index in [9.17, 15) is 23.1 Å². The average Bonchev–Trinajstić information content (AvgIpc) is 2.89. The monoisotopic (exact) mass is 318 g/mol. The Morgan fingerprint density at radius 1 is 1.50 bits per heavy atom. The lowest BCUT2D eigenvalue weighted by molar-refractivity contribution is -0.145. The summed E-state index contributed by atoms with van der Waals surface area (Å²) in [7, 11) is 1.31. The molecule has 1 heterocycles. The molecule has 0 saturated carbocycles. The van der Waals surface area contributed by atoms with Crippen LogP contribution < -0.4 is 5.73 Å². The number of methoxy groups -OCH3 is 1. The van der Waals surface area contributed by atoms with Crippen molar-refractivity contribution < 1.29 is 27.8 Å². The number of ether oxygens (including phenoxy) is 1. The molecule has 0 amide bonds. The van der Waals surface area contributed by atoms with Gasteiger partial charge in [0.1, 0.15) is 0 Å². The van der Waals surface area contributed by atoms with E-state index in [1.165, 1.54) is 13.2 Å². The van der Waals surface area contributed by atoms with Gasteiger partial charge in [0, 0.05) is 13.1 Å². The van der Waals surface area contributed by atoms with Gasteiger partial charge in [-0.25, -0.2) is 0 Å². The molecule has 1 aliphatic heterocycles. The first-order chi connectivity index (χ1) is 10.2. The zero-order valence-corrected chi connectivity index (χ0v) is 12.0. The number of rotatable bonds is 3. The van der Waals surface area contributed by atoms with Crippen LogP contribution in [0.25, 0.3) is 0 Å². The number of phenolic OH excluding ortho intramolecular Hbond substituents is 1. The van der Waals surface area contributed by atoms with Crippen molar-refractivity contribution in [2.75, 3.05) is 25.9 Å². The number of benzene rings is 1. The van der Waals surface area contributed by atoms with E-state index in [1.807, 2.05) is 4.90 Å². The molecule has 1 aliphatic rings. The molecule has 122 valence electrons. The number of aromatic hydroxyl groups is 1. The standard InChI is InChI=1S/C14H17F3N2O3/c1-22-13(21)9-2-3-19(7-9)6-8-4-10(14(15,16)17)12(20)11(18)5-8/h4-5,9,20H,2-3,6-7,18H2,1H3/t9-/m1/s1. The van der Waals surface area contributed by atoms with Gasteiger partial charge in [0.05, 0.1) is 24.3 Å². The van der Waals surface area contributed by atoms with Crippen LogP contribution in [0.1, 0.15) is 17.5 Å². The minimum absolute atomic E-state index is 0.223. The van der Waals surface area contributed by atoms with Crippen LogP contribution in [0.2, 0.25) is 0 Å². The van der Waals surface area contributed by atoms with Gasteiger partial charge in [-0.05, 0) is 30.7 Å². The smallest absolute Gasteiger partial charge is 0.420 e. The summed E-state index contributed by atoms with van der Waals surface area (Å²) in [6.07, 6.45) is -4.07. The predicted octanol–water partition coefficient (Wildman–Crippen LogP) is 1.99. The first-order valence-corrected chi connectivity index (χ1v) is 6.71. The van der Waals surface area contributed by atoms with E-state index in [0.717, 1.165) is 6.07 Å². The van der Waals surface area contributed by atoms with E-state index in [0.29, 0.717) is 25.1 Å².